The minimum Gasteiger partial charge on any atom is -0.299 e. The molecule has 0 N–H and O–H groups in total. The highest BCUT2D eigenvalue weighted by Gasteiger charge is 2.54. The van der Waals surface area contributed by atoms with Gasteiger partial charge in [0.05, 0.1) is 0 Å². The van der Waals surface area contributed by atoms with Gasteiger partial charge in [-0.15, -0.1) is 0 Å². The van der Waals surface area contributed by atoms with Crippen molar-refractivity contribution in [1.29, 1.82) is 0 Å². The van der Waals surface area contributed by atoms with Gasteiger partial charge in [-0.3, -0.25) is 4.79 Å². The topological polar surface area (TPSA) is 17.1 Å². The van der Waals surface area contributed by atoms with E-state index in [2.05, 4.69) is 0 Å². The zero-order valence-corrected chi connectivity index (χ0v) is 9.58. The van der Waals surface area contributed by atoms with Gasteiger partial charge >= 0.3 is 0 Å². The molecule has 1 heteroatoms. The fourth-order valence-corrected chi connectivity index (χ4v) is 4.10. The van der Waals surface area contributed by atoms with Gasteiger partial charge in [-0.05, 0) is 30.6 Å². The zero-order chi connectivity index (χ0) is 10.3. The van der Waals surface area contributed by atoms with E-state index in [1.165, 1.54) is 51.4 Å². The molecule has 0 spiro atoms. The standard InChI is InChI=1S/C14H22O/c15-13(9-10-5-1-2-6-10)14-11-7-3-4-8-12(11)14/h10-12,14H,1-9H2. The first kappa shape index (κ1) is 9.86. The molecule has 0 saturated heterocycles. The molecule has 3 rings (SSSR count). The highest BCUT2D eigenvalue weighted by atomic mass is 16.1. The summed E-state index contributed by atoms with van der Waals surface area (Å²) in [5, 5.41) is 0. The lowest BCUT2D eigenvalue weighted by Gasteiger charge is -2.06. The predicted octanol–water partition coefficient (Wildman–Crippen LogP) is 3.57. The minimum absolute atomic E-state index is 0.521. The first-order chi connectivity index (χ1) is 7.36. The first-order valence-corrected chi connectivity index (χ1v) is 6.89. The van der Waals surface area contributed by atoms with E-state index in [9.17, 15) is 4.79 Å². The molecule has 15 heavy (non-hydrogen) atoms. The molecule has 0 aromatic rings. The molecule has 3 aliphatic carbocycles. The monoisotopic (exact) mass is 206 g/mol. The van der Waals surface area contributed by atoms with Crippen molar-refractivity contribution in [3.05, 3.63) is 0 Å². The normalized spacial score (nSPS) is 40.1. The fourth-order valence-electron chi connectivity index (χ4n) is 4.10. The van der Waals surface area contributed by atoms with E-state index in [1.807, 2.05) is 0 Å². The van der Waals surface area contributed by atoms with Crippen LogP contribution in [0, 0.1) is 23.7 Å². The number of fused-ring (bicyclic) bond motifs is 1. The second kappa shape index (κ2) is 3.92. The Hall–Kier alpha value is -0.330. The summed E-state index contributed by atoms with van der Waals surface area (Å²) in [4.78, 5) is 12.1. The van der Waals surface area contributed by atoms with Crippen LogP contribution in [0.4, 0.5) is 0 Å². The molecule has 0 aromatic carbocycles. The van der Waals surface area contributed by atoms with Crippen molar-refractivity contribution >= 4 is 5.78 Å². The number of rotatable bonds is 3. The van der Waals surface area contributed by atoms with E-state index < -0.39 is 0 Å². The molecule has 0 aromatic heterocycles. The molecule has 0 radical (unpaired) electrons. The number of carbonyl (C=O) groups is 1. The molecule has 2 atom stereocenters. The second-order valence-electron chi connectivity index (χ2n) is 5.96. The summed E-state index contributed by atoms with van der Waals surface area (Å²) in [6, 6.07) is 0. The third kappa shape index (κ3) is 1.86. The van der Waals surface area contributed by atoms with Crippen LogP contribution in [0.5, 0.6) is 0 Å². The van der Waals surface area contributed by atoms with Gasteiger partial charge in [0.1, 0.15) is 5.78 Å². The number of hydrogen-bond acceptors (Lipinski definition) is 1. The van der Waals surface area contributed by atoms with Crippen LogP contribution in [0.15, 0.2) is 0 Å². The van der Waals surface area contributed by atoms with Crippen molar-refractivity contribution in [2.45, 2.75) is 57.8 Å². The molecule has 0 heterocycles. The number of hydrogen-bond donors (Lipinski definition) is 0. The Bertz CT molecular complexity index is 240. The molecule has 0 bridgehead atoms. The van der Waals surface area contributed by atoms with Crippen LogP contribution in [-0.4, -0.2) is 5.78 Å². The van der Waals surface area contributed by atoms with Crippen LogP contribution in [-0.2, 0) is 4.79 Å². The summed E-state index contributed by atoms with van der Waals surface area (Å²) >= 11 is 0. The van der Waals surface area contributed by atoms with E-state index in [0.29, 0.717) is 11.7 Å². The van der Waals surface area contributed by atoms with Crippen molar-refractivity contribution in [3.8, 4) is 0 Å². The minimum atomic E-state index is 0.521. The van der Waals surface area contributed by atoms with Gasteiger partial charge in [-0.2, -0.15) is 0 Å². The lowest BCUT2D eigenvalue weighted by molar-refractivity contribution is -0.121. The average molecular weight is 206 g/mol. The molecule has 2 unspecified atom stereocenters. The fraction of sp³-hybridized carbons (Fsp3) is 0.929. The molecule has 3 fully saturated rings. The van der Waals surface area contributed by atoms with Crippen LogP contribution in [0.25, 0.3) is 0 Å². The van der Waals surface area contributed by atoms with Gasteiger partial charge in [0.15, 0.2) is 0 Å². The van der Waals surface area contributed by atoms with Gasteiger partial charge in [0, 0.05) is 12.3 Å². The lowest BCUT2D eigenvalue weighted by Crippen LogP contribution is -2.09. The average Bonchev–Trinajstić information content (AvgIpc) is 2.77. The molecular formula is C14H22O. The summed E-state index contributed by atoms with van der Waals surface area (Å²) < 4.78 is 0. The van der Waals surface area contributed by atoms with Crippen LogP contribution in [0.3, 0.4) is 0 Å². The van der Waals surface area contributed by atoms with Gasteiger partial charge in [-0.1, -0.05) is 38.5 Å². The molecular weight excluding hydrogens is 184 g/mol. The molecule has 1 nitrogen and oxygen atoms in total. The summed E-state index contributed by atoms with van der Waals surface area (Å²) in [5.74, 6) is 3.58. The maximum absolute atomic E-state index is 12.1. The predicted molar refractivity (Wildman–Crippen MR) is 60.5 cm³/mol. The zero-order valence-electron chi connectivity index (χ0n) is 9.58. The lowest BCUT2D eigenvalue weighted by atomic mass is 9.98. The molecule has 84 valence electrons. The molecule has 3 aliphatic rings. The number of ketones is 1. The van der Waals surface area contributed by atoms with E-state index in [-0.39, 0.29) is 0 Å². The number of Topliss-reactive ketones (excluding diaryl/α,β-unsaturated/α-hetero) is 1. The van der Waals surface area contributed by atoms with Crippen molar-refractivity contribution in [2.75, 3.05) is 0 Å². The van der Waals surface area contributed by atoms with Gasteiger partial charge in [0.2, 0.25) is 0 Å². The highest BCUT2D eigenvalue weighted by molar-refractivity contribution is 5.84. The van der Waals surface area contributed by atoms with Crippen LogP contribution in [0.1, 0.15) is 57.8 Å². The Balaban J connectivity index is 1.52. The molecule has 0 aliphatic heterocycles. The van der Waals surface area contributed by atoms with Crippen LogP contribution >= 0.6 is 0 Å². The van der Waals surface area contributed by atoms with E-state index in [0.717, 1.165) is 24.2 Å². The Morgan fingerprint density at radius 2 is 1.40 bits per heavy atom. The van der Waals surface area contributed by atoms with Crippen LogP contribution < -0.4 is 0 Å². The summed E-state index contributed by atoms with van der Waals surface area (Å²) in [6.07, 6.45) is 11.8. The Labute approximate surface area is 92.6 Å². The van der Waals surface area contributed by atoms with E-state index in [4.69, 9.17) is 0 Å². The van der Waals surface area contributed by atoms with Gasteiger partial charge in [-0.25, -0.2) is 0 Å². The Kier molecular flexibility index (Phi) is 2.58. The van der Waals surface area contributed by atoms with Crippen LogP contribution in [0.2, 0.25) is 0 Å². The Morgan fingerprint density at radius 3 is 2.00 bits per heavy atom. The molecule has 0 amide bonds. The van der Waals surface area contributed by atoms with E-state index >= 15 is 0 Å². The van der Waals surface area contributed by atoms with E-state index in [1.54, 1.807) is 0 Å². The maximum Gasteiger partial charge on any atom is 0.136 e. The quantitative estimate of drug-likeness (QED) is 0.690. The Morgan fingerprint density at radius 1 is 0.867 bits per heavy atom. The molecule has 3 saturated carbocycles. The third-order valence-electron chi connectivity index (χ3n) is 4.99. The summed E-state index contributed by atoms with van der Waals surface area (Å²) in [5.41, 5.74) is 0. The highest BCUT2D eigenvalue weighted by Crippen LogP contribution is 2.56. The largest absolute Gasteiger partial charge is 0.299 e. The SMILES string of the molecule is O=C(CC1CCCC1)C1C2CCCCC21. The van der Waals surface area contributed by atoms with Crippen molar-refractivity contribution < 1.29 is 4.79 Å². The van der Waals surface area contributed by atoms with Gasteiger partial charge in [0.25, 0.3) is 0 Å². The second-order valence-corrected chi connectivity index (χ2v) is 5.96. The summed E-state index contributed by atoms with van der Waals surface area (Å²) in [7, 11) is 0. The third-order valence-corrected chi connectivity index (χ3v) is 4.99. The maximum atomic E-state index is 12.1. The van der Waals surface area contributed by atoms with Crippen molar-refractivity contribution in [1.82, 2.24) is 0 Å². The first-order valence-electron chi connectivity index (χ1n) is 6.89. The van der Waals surface area contributed by atoms with Crippen molar-refractivity contribution in [3.63, 3.8) is 0 Å². The summed E-state index contributed by atoms with van der Waals surface area (Å²) in [6.45, 7) is 0. The smallest absolute Gasteiger partial charge is 0.136 e. The number of carbonyl (C=O) groups excluding carboxylic acids is 1. The van der Waals surface area contributed by atoms with Gasteiger partial charge < -0.3 is 0 Å². The van der Waals surface area contributed by atoms with Crippen molar-refractivity contribution in [2.24, 2.45) is 23.7 Å².